The number of carbonyl (C=O) groups is 1. The standard InChI is InChI=1S/C15H13N5O/c1-10(21)19-11-3-2-4-12(7-11)20-15-13-8-16-6-5-14(13)17-9-18-15/h2-9H,1H3,(H,19,21)(H,17,18,20). The quantitative estimate of drug-likeness (QED) is 0.770. The number of anilines is 3. The van der Waals surface area contributed by atoms with Crippen LogP contribution in [0, 0.1) is 0 Å². The summed E-state index contributed by atoms with van der Waals surface area (Å²) in [6, 6.07) is 9.25. The minimum absolute atomic E-state index is 0.108. The van der Waals surface area contributed by atoms with Crippen molar-refractivity contribution in [1.82, 2.24) is 15.0 Å². The maximum atomic E-state index is 11.1. The van der Waals surface area contributed by atoms with Gasteiger partial charge in [-0.1, -0.05) is 6.07 Å². The van der Waals surface area contributed by atoms with E-state index in [9.17, 15) is 4.79 Å². The van der Waals surface area contributed by atoms with E-state index in [1.165, 1.54) is 13.3 Å². The van der Waals surface area contributed by atoms with Crippen LogP contribution in [0.25, 0.3) is 10.9 Å². The lowest BCUT2D eigenvalue weighted by atomic mass is 10.2. The van der Waals surface area contributed by atoms with Crippen molar-refractivity contribution in [2.75, 3.05) is 10.6 Å². The Bertz CT molecular complexity index is 797. The Morgan fingerprint density at radius 1 is 1.14 bits per heavy atom. The van der Waals surface area contributed by atoms with Crippen LogP contribution in [0.2, 0.25) is 0 Å². The van der Waals surface area contributed by atoms with Crippen LogP contribution >= 0.6 is 0 Å². The largest absolute Gasteiger partial charge is 0.340 e. The van der Waals surface area contributed by atoms with E-state index < -0.39 is 0 Å². The molecule has 0 bridgehead atoms. The number of aromatic nitrogens is 3. The summed E-state index contributed by atoms with van der Waals surface area (Å²) in [6.07, 6.45) is 4.91. The third kappa shape index (κ3) is 2.94. The smallest absolute Gasteiger partial charge is 0.221 e. The SMILES string of the molecule is CC(=O)Nc1cccc(Nc2ncnc3ccncc23)c1. The Hall–Kier alpha value is -3.02. The molecule has 1 amide bonds. The normalized spacial score (nSPS) is 10.3. The maximum absolute atomic E-state index is 11.1. The second kappa shape index (κ2) is 5.54. The molecule has 21 heavy (non-hydrogen) atoms. The predicted molar refractivity (Wildman–Crippen MR) is 81.4 cm³/mol. The Balaban J connectivity index is 1.93. The number of hydrogen-bond donors (Lipinski definition) is 2. The molecule has 3 rings (SSSR count). The van der Waals surface area contributed by atoms with Crippen molar-refractivity contribution >= 4 is 34.0 Å². The summed E-state index contributed by atoms with van der Waals surface area (Å²) in [6.45, 7) is 1.48. The molecule has 0 saturated heterocycles. The Labute approximate surface area is 121 Å². The molecule has 2 aromatic heterocycles. The fourth-order valence-electron chi connectivity index (χ4n) is 2.01. The molecule has 0 radical (unpaired) electrons. The maximum Gasteiger partial charge on any atom is 0.221 e. The van der Waals surface area contributed by atoms with E-state index in [0.29, 0.717) is 5.82 Å². The van der Waals surface area contributed by atoms with Gasteiger partial charge in [-0.3, -0.25) is 9.78 Å². The van der Waals surface area contributed by atoms with Gasteiger partial charge in [0.25, 0.3) is 0 Å². The summed E-state index contributed by atoms with van der Waals surface area (Å²) in [5.74, 6) is 0.567. The van der Waals surface area contributed by atoms with E-state index in [1.807, 2.05) is 30.3 Å². The number of pyridine rings is 1. The van der Waals surface area contributed by atoms with E-state index in [-0.39, 0.29) is 5.91 Å². The second-order valence-electron chi connectivity index (χ2n) is 4.50. The number of amides is 1. The Morgan fingerprint density at radius 2 is 2.00 bits per heavy atom. The van der Waals surface area contributed by atoms with Crippen molar-refractivity contribution in [2.45, 2.75) is 6.92 Å². The second-order valence-corrected chi connectivity index (χ2v) is 4.50. The fraction of sp³-hybridized carbons (Fsp3) is 0.0667. The van der Waals surface area contributed by atoms with Crippen LogP contribution in [0.1, 0.15) is 6.92 Å². The molecule has 6 nitrogen and oxygen atoms in total. The van der Waals surface area contributed by atoms with E-state index in [0.717, 1.165) is 22.3 Å². The van der Waals surface area contributed by atoms with Crippen LogP contribution < -0.4 is 10.6 Å². The number of hydrogen-bond acceptors (Lipinski definition) is 5. The van der Waals surface area contributed by atoms with Gasteiger partial charge in [0.15, 0.2) is 0 Å². The highest BCUT2D eigenvalue weighted by Crippen LogP contribution is 2.23. The predicted octanol–water partition coefficient (Wildman–Crippen LogP) is 2.73. The molecule has 0 aliphatic heterocycles. The molecule has 0 unspecified atom stereocenters. The summed E-state index contributed by atoms with van der Waals surface area (Å²) in [7, 11) is 0. The number of benzene rings is 1. The molecule has 0 saturated carbocycles. The highest BCUT2D eigenvalue weighted by Gasteiger charge is 2.04. The summed E-state index contributed by atoms with van der Waals surface area (Å²) < 4.78 is 0. The van der Waals surface area contributed by atoms with Gasteiger partial charge in [0.1, 0.15) is 12.1 Å². The van der Waals surface area contributed by atoms with Crippen molar-refractivity contribution in [1.29, 1.82) is 0 Å². The molecule has 2 heterocycles. The van der Waals surface area contributed by atoms with E-state index in [1.54, 1.807) is 12.4 Å². The lowest BCUT2D eigenvalue weighted by Crippen LogP contribution is -2.05. The summed E-state index contributed by atoms with van der Waals surface area (Å²) in [4.78, 5) is 23.6. The topological polar surface area (TPSA) is 79.8 Å². The van der Waals surface area contributed by atoms with Crippen molar-refractivity contribution in [3.63, 3.8) is 0 Å². The van der Waals surface area contributed by atoms with Gasteiger partial charge in [0.05, 0.1) is 10.9 Å². The number of nitrogens with zero attached hydrogens (tertiary/aromatic N) is 3. The van der Waals surface area contributed by atoms with Crippen LogP contribution in [0.4, 0.5) is 17.2 Å². The van der Waals surface area contributed by atoms with E-state index in [4.69, 9.17) is 0 Å². The van der Waals surface area contributed by atoms with Crippen molar-refractivity contribution in [2.24, 2.45) is 0 Å². The zero-order chi connectivity index (χ0) is 14.7. The highest BCUT2D eigenvalue weighted by atomic mass is 16.1. The molecule has 104 valence electrons. The van der Waals surface area contributed by atoms with Gasteiger partial charge in [-0.05, 0) is 24.3 Å². The van der Waals surface area contributed by atoms with E-state index in [2.05, 4.69) is 25.6 Å². The molecule has 2 N–H and O–H groups in total. The monoisotopic (exact) mass is 279 g/mol. The first kappa shape index (κ1) is 13.0. The van der Waals surface area contributed by atoms with Crippen LogP contribution in [0.15, 0.2) is 49.1 Å². The average molecular weight is 279 g/mol. The molecule has 3 aromatic rings. The highest BCUT2D eigenvalue weighted by molar-refractivity contribution is 5.91. The molecule has 0 fully saturated rings. The van der Waals surface area contributed by atoms with Crippen molar-refractivity contribution < 1.29 is 4.79 Å². The first-order valence-corrected chi connectivity index (χ1v) is 6.42. The fourth-order valence-corrected chi connectivity index (χ4v) is 2.01. The van der Waals surface area contributed by atoms with Crippen molar-refractivity contribution in [3.05, 3.63) is 49.1 Å². The molecule has 0 aliphatic carbocycles. The minimum atomic E-state index is -0.108. The van der Waals surface area contributed by atoms with Gasteiger partial charge >= 0.3 is 0 Å². The molecular formula is C15H13N5O. The molecule has 0 atom stereocenters. The van der Waals surface area contributed by atoms with Gasteiger partial charge in [0, 0.05) is 30.7 Å². The van der Waals surface area contributed by atoms with E-state index >= 15 is 0 Å². The Kier molecular flexibility index (Phi) is 3.42. The van der Waals surface area contributed by atoms with Gasteiger partial charge in [-0.15, -0.1) is 0 Å². The molecule has 0 spiro atoms. The molecular weight excluding hydrogens is 266 g/mol. The molecule has 1 aromatic carbocycles. The first-order chi connectivity index (χ1) is 10.2. The zero-order valence-corrected chi connectivity index (χ0v) is 11.4. The van der Waals surface area contributed by atoms with Crippen LogP contribution in [-0.2, 0) is 4.79 Å². The van der Waals surface area contributed by atoms with Crippen LogP contribution in [-0.4, -0.2) is 20.9 Å². The third-order valence-electron chi connectivity index (χ3n) is 2.88. The van der Waals surface area contributed by atoms with Crippen LogP contribution in [0.3, 0.4) is 0 Å². The molecule has 6 heteroatoms. The van der Waals surface area contributed by atoms with Gasteiger partial charge < -0.3 is 10.6 Å². The number of fused-ring (bicyclic) bond motifs is 1. The van der Waals surface area contributed by atoms with Crippen LogP contribution in [0.5, 0.6) is 0 Å². The average Bonchev–Trinajstić information content (AvgIpc) is 2.47. The van der Waals surface area contributed by atoms with Crippen molar-refractivity contribution in [3.8, 4) is 0 Å². The lowest BCUT2D eigenvalue weighted by molar-refractivity contribution is -0.114. The van der Waals surface area contributed by atoms with Gasteiger partial charge in [-0.2, -0.15) is 0 Å². The number of carbonyl (C=O) groups excluding carboxylic acids is 1. The number of nitrogens with one attached hydrogen (secondary N) is 2. The van der Waals surface area contributed by atoms with Gasteiger partial charge in [0.2, 0.25) is 5.91 Å². The number of rotatable bonds is 3. The van der Waals surface area contributed by atoms with Gasteiger partial charge in [-0.25, -0.2) is 9.97 Å². The molecule has 0 aliphatic rings. The summed E-state index contributed by atoms with van der Waals surface area (Å²) in [5, 5.41) is 6.80. The first-order valence-electron chi connectivity index (χ1n) is 6.42. The summed E-state index contributed by atoms with van der Waals surface area (Å²) >= 11 is 0. The third-order valence-corrected chi connectivity index (χ3v) is 2.88. The lowest BCUT2D eigenvalue weighted by Gasteiger charge is -2.09. The summed E-state index contributed by atoms with van der Waals surface area (Å²) in [5.41, 5.74) is 2.37. The zero-order valence-electron chi connectivity index (χ0n) is 11.4. The Morgan fingerprint density at radius 3 is 2.86 bits per heavy atom. The minimum Gasteiger partial charge on any atom is -0.340 e.